The van der Waals surface area contributed by atoms with Gasteiger partial charge in [0.1, 0.15) is 11.8 Å². The van der Waals surface area contributed by atoms with E-state index in [1.54, 1.807) is 6.08 Å². The van der Waals surface area contributed by atoms with Crippen LogP contribution in [0.2, 0.25) is 19.6 Å². The van der Waals surface area contributed by atoms with Crippen LogP contribution >= 0.6 is 0 Å². The van der Waals surface area contributed by atoms with E-state index in [1.807, 2.05) is 30.3 Å². The second-order valence-electron chi connectivity index (χ2n) is 5.12. The third-order valence-corrected chi connectivity index (χ3v) is 4.44. The van der Waals surface area contributed by atoms with Gasteiger partial charge in [-0.3, -0.25) is 0 Å². The number of hydrogen-bond donors (Lipinski definition) is 0. The van der Waals surface area contributed by atoms with Crippen LogP contribution in [-0.2, 0) is 4.74 Å². The molecule has 90 valence electrons. The summed E-state index contributed by atoms with van der Waals surface area (Å²) in [4.78, 5) is 0. The number of terminal acetylenes is 1. The van der Waals surface area contributed by atoms with Crippen LogP contribution in [0.15, 0.2) is 43.0 Å². The van der Waals surface area contributed by atoms with Gasteiger partial charge in [-0.2, -0.15) is 0 Å². The molecule has 0 N–H and O–H groups in total. The molecule has 0 unspecified atom stereocenters. The summed E-state index contributed by atoms with van der Waals surface area (Å²) >= 11 is 0. The lowest BCUT2D eigenvalue weighted by Crippen LogP contribution is -2.39. The first-order valence-electron chi connectivity index (χ1n) is 5.78. The van der Waals surface area contributed by atoms with Crippen LogP contribution < -0.4 is 0 Å². The monoisotopic (exact) mass is 244 g/mol. The van der Waals surface area contributed by atoms with Crippen LogP contribution in [0.4, 0.5) is 0 Å². The fourth-order valence-electron chi connectivity index (χ4n) is 1.55. The van der Waals surface area contributed by atoms with Crippen LogP contribution in [0.25, 0.3) is 0 Å². The van der Waals surface area contributed by atoms with Gasteiger partial charge in [0, 0.05) is 0 Å². The fraction of sp³-hybridized carbons (Fsp3) is 0.333. The molecular formula is C15H20OSi. The van der Waals surface area contributed by atoms with E-state index in [0.717, 1.165) is 5.56 Å². The summed E-state index contributed by atoms with van der Waals surface area (Å²) in [6.45, 7) is 10.5. The highest BCUT2D eigenvalue weighted by Crippen LogP contribution is 2.23. The average Bonchev–Trinajstić information content (AvgIpc) is 2.30. The smallest absolute Gasteiger partial charge is 0.106 e. The summed E-state index contributed by atoms with van der Waals surface area (Å²) in [5, 5.41) is 0. The van der Waals surface area contributed by atoms with Gasteiger partial charge in [-0.1, -0.05) is 62.0 Å². The van der Waals surface area contributed by atoms with E-state index in [2.05, 4.69) is 32.1 Å². The van der Waals surface area contributed by atoms with Crippen molar-refractivity contribution in [3.05, 3.63) is 48.6 Å². The van der Waals surface area contributed by atoms with Crippen molar-refractivity contribution in [2.45, 2.75) is 31.5 Å². The third-order valence-electron chi connectivity index (χ3n) is 2.56. The molecule has 0 saturated carbocycles. The Morgan fingerprint density at radius 2 is 1.88 bits per heavy atom. The normalized spacial score (nSPS) is 14.7. The molecule has 1 rings (SSSR count). The molecule has 0 amide bonds. The molecule has 1 aromatic carbocycles. The topological polar surface area (TPSA) is 9.23 Å². The van der Waals surface area contributed by atoms with Crippen molar-refractivity contribution in [1.29, 1.82) is 0 Å². The largest absolute Gasteiger partial charge is 0.357 e. The average molecular weight is 244 g/mol. The standard InChI is InChI=1S/C15H20OSi/c1-6-14(13-11-9-8-10-12-13)16-15(7-2)17(3,4)5/h2,6,8-12,14-15H,1H2,3-5H3/t14-,15-/m1/s1. The molecular weight excluding hydrogens is 224 g/mol. The van der Waals surface area contributed by atoms with Gasteiger partial charge in [0.05, 0.1) is 8.07 Å². The molecule has 0 spiro atoms. The van der Waals surface area contributed by atoms with Gasteiger partial charge in [0.15, 0.2) is 0 Å². The van der Waals surface area contributed by atoms with Crippen LogP contribution in [0.3, 0.4) is 0 Å². The van der Waals surface area contributed by atoms with Gasteiger partial charge in [-0.25, -0.2) is 0 Å². The second kappa shape index (κ2) is 5.86. The van der Waals surface area contributed by atoms with E-state index in [0.29, 0.717) is 0 Å². The molecule has 2 atom stereocenters. The van der Waals surface area contributed by atoms with E-state index in [1.165, 1.54) is 0 Å². The number of rotatable bonds is 5. The molecule has 0 aromatic heterocycles. The van der Waals surface area contributed by atoms with E-state index in [4.69, 9.17) is 11.2 Å². The summed E-state index contributed by atoms with van der Waals surface area (Å²) in [6, 6.07) is 10.0. The molecule has 1 nitrogen and oxygen atoms in total. The summed E-state index contributed by atoms with van der Waals surface area (Å²) < 4.78 is 6.01. The van der Waals surface area contributed by atoms with E-state index >= 15 is 0 Å². The molecule has 0 radical (unpaired) electrons. The number of ether oxygens (including phenoxy) is 1. The van der Waals surface area contributed by atoms with Gasteiger partial charge >= 0.3 is 0 Å². The highest BCUT2D eigenvalue weighted by atomic mass is 28.3. The highest BCUT2D eigenvalue weighted by Gasteiger charge is 2.28. The maximum atomic E-state index is 6.01. The molecule has 2 heteroatoms. The molecule has 1 aromatic rings. The summed E-state index contributed by atoms with van der Waals surface area (Å²) in [7, 11) is -1.50. The summed E-state index contributed by atoms with van der Waals surface area (Å²) in [5.41, 5.74) is 1.01. The highest BCUT2D eigenvalue weighted by molar-refractivity contribution is 6.78. The Hall–Kier alpha value is -1.30. The maximum Gasteiger partial charge on any atom is 0.106 e. The minimum atomic E-state index is -1.50. The van der Waals surface area contributed by atoms with Gasteiger partial charge in [-0.15, -0.1) is 13.0 Å². The maximum absolute atomic E-state index is 6.01. The van der Waals surface area contributed by atoms with Crippen molar-refractivity contribution in [2.24, 2.45) is 0 Å². The first-order valence-corrected chi connectivity index (χ1v) is 9.36. The lowest BCUT2D eigenvalue weighted by Gasteiger charge is -2.28. The van der Waals surface area contributed by atoms with Crippen molar-refractivity contribution in [3.63, 3.8) is 0 Å². The van der Waals surface area contributed by atoms with Crippen molar-refractivity contribution in [1.82, 2.24) is 0 Å². The van der Waals surface area contributed by atoms with Crippen LogP contribution in [-0.4, -0.2) is 13.8 Å². The van der Waals surface area contributed by atoms with Gasteiger partial charge in [0.2, 0.25) is 0 Å². The lowest BCUT2D eigenvalue weighted by molar-refractivity contribution is 0.0843. The Morgan fingerprint density at radius 1 is 1.29 bits per heavy atom. The van der Waals surface area contributed by atoms with Crippen LogP contribution in [0, 0.1) is 12.3 Å². The zero-order valence-corrected chi connectivity index (χ0v) is 11.8. The van der Waals surface area contributed by atoms with Crippen molar-refractivity contribution < 1.29 is 4.74 Å². The molecule has 0 aliphatic carbocycles. The Balaban J connectivity index is 2.85. The Bertz CT molecular complexity index is 397. The molecule has 0 heterocycles. The minimum Gasteiger partial charge on any atom is -0.357 e. The predicted octanol–water partition coefficient (Wildman–Crippen LogP) is 3.81. The van der Waals surface area contributed by atoms with E-state index < -0.39 is 8.07 Å². The summed E-state index contributed by atoms with van der Waals surface area (Å²) in [5.74, 6) is 2.77. The first-order chi connectivity index (χ1) is 7.99. The minimum absolute atomic E-state index is 0.0919. The van der Waals surface area contributed by atoms with E-state index in [-0.39, 0.29) is 11.8 Å². The van der Waals surface area contributed by atoms with Gasteiger partial charge in [0.25, 0.3) is 0 Å². The van der Waals surface area contributed by atoms with E-state index in [9.17, 15) is 0 Å². The third kappa shape index (κ3) is 3.88. The van der Waals surface area contributed by atoms with Gasteiger partial charge < -0.3 is 4.74 Å². The molecule has 17 heavy (non-hydrogen) atoms. The Kier molecular flexibility index (Phi) is 4.74. The van der Waals surface area contributed by atoms with Crippen molar-refractivity contribution >= 4 is 8.07 Å². The zero-order chi connectivity index (χ0) is 12.9. The van der Waals surface area contributed by atoms with Crippen LogP contribution in [0.1, 0.15) is 11.7 Å². The first kappa shape index (κ1) is 13.8. The molecule has 0 bridgehead atoms. The summed E-state index contributed by atoms with van der Waals surface area (Å²) in [6.07, 6.45) is 7.25. The zero-order valence-electron chi connectivity index (χ0n) is 10.8. The molecule has 0 aliphatic rings. The van der Waals surface area contributed by atoms with Crippen molar-refractivity contribution in [3.8, 4) is 12.3 Å². The van der Waals surface area contributed by atoms with Crippen molar-refractivity contribution in [2.75, 3.05) is 0 Å². The van der Waals surface area contributed by atoms with Crippen LogP contribution in [0.5, 0.6) is 0 Å². The predicted molar refractivity (Wildman–Crippen MR) is 76.4 cm³/mol. The number of hydrogen-bond acceptors (Lipinski definition) is 1. The Morgan fingerprint density at radius 3 is 2.29 bits per heavy atom. The fourth-order valence-corrected chi connectivity index (χ4v) is 2.61. The lowest BCUT2D eigenvalue weighted by atomic mass is 10.1. The van der Waals surface area contributed by atoms with Gasteiger partial charge in [-0.05, 0) is 5.56 Å². The molecule has 0 aliphatic heterocycles. The molecule has 0 fully saturated rings. The quantitative estimate of drug-likeness (QED) is 0.435. The molecule has 0 saturated heterocycles. The number of benzene rings is 1. The second-order valence-corrected chi connectivity index (χ2v) is 10.4. The SMILES string of the molecule is C#C[C@H](O[C@H](C=C)c1ccccc1)[Si](C)(C)C. The Labute approximate surface area is 106 Å².